The Bertz CT molecular complexity index is 1040. The van der Waals surface area contributed by atoms with Crippen LogP contribution in [0.4, 0.5) is 5.69 Å². The molecule has 0 fully saturated rings. The summed E-state index contributed by atoms with van der Waals surface area (Å²) in [5.41, 5.74) is 4.07. The van der Waals surface area contributed by atoms with Gasteiger partial charge in [0, 0.05) is 0 Å². The van der Waals surface area contributed by atoms with Crippen molar-refractivity contribution >= 4 is 55.6 Å². The summed E-state index contributed by atoms with van der Waals surface area (Å²) in [6.45, 7) is 5.49. The number of hydrogen-bond acceptors (Lipinski definition) is 1. The molecule has 1 aliphatic rings. The van der Waals surface area contributed by atoms with Gasteiger partial charge in [0.05, 0.1) is 0 Å². The first-order chi connectivity index (χ1) is 13.3. The van der Waals surface area contributed by atoms with Crippen molar-refractivity contribution in [3.05, 3.63) is 82.0 Å². The molecule has 27 heavy (non-hydrogen) atoms. The average molecular weight is 485 g/mol. The third-order valence-electron chi connectivity index (χ3n) is 4.69. The molecule has 1 aromatic heterocycles. The molecule has 2 nitrogen and oxygen atoms in total. The standard InChI is InChI=1S/C23H23N2Se2/c1-3-18(15-16-24-17-26-21-11-7-5-9-19(21)24)13-14-23-25(4-2)20-10-6-8-12-22(20)27-23/h5-17H,3-4H2,1-2H3/q+1. The molecule has 0 unspecified atom stereocenters. The normalized spacial score (nSPS) is 16.0. The zero-order valence-electron chi connectivity index (χ0n) is 15.6. The van der Waals surface area contributed by atoms with Gasteiger partial charge in [-0.25, -0.2) is 0 Å². The zero-order valence-corrected chi connectivity index (χ0v) is 19.1. The molecule has 3 aromatic rings. The molecule has 0 N–H and O–H groups in total. The van der Waals surface area contributed by atoms with Crippen LogP contribution in [0.15, 0.2) is 82.0 Å². The summed E-state index contributed by atoms with van der Waals surface area (Å²) in [5, 5.41) is 2.31. The van der Waals surface area contributed by atoms with Crippen LogP contribution in [0.2, 0.25) is 0 Å². The van der Waals surface area contributed by atoms with Crippen molar-refractivity contribution in [2.45, 2.75) is 20.3 Å². The van der Waals surface area contributed by atoms with Crippen molar-refractivity contribution in [2.75, 3.05) is 11.4 Å². The number of para-hydroxylation sites is 2. The second kappa shape index (κ2) is 8.46. The van der Waals surface area contributed by atoms with Gasteiger partial charge in [-0.1, -0.05) is 0 Å². The predicted molar refractivity (Wildman–Crippen MR) is 118 cm³/mol. The molecule has 0 aliphatic carbocycles. The maximum absolute atomic E-state index is 2.45. The van der Waals surface area contributed by atoms with Crippen LogP contribution >= 0.6 is 0 Å². The van der Waals surface area contributed by atoms with E-state index in [9.17, 15) is 0 Å². The van der Waals surface area contributed by atoms with Gasteiger partial charge >= 0.3 is 174 Å². The van der Waals surface area contributed by atoms with Gasteiger partial charge in [0.25, 0.3) is 0 Å². The Morgan fingerprint density at radius 3 is 2.74 bits per heavy atom. The molecule has 0 bridgehead atoms. The summed E-state index contributed by atoms with van der Waals surface area (Å²) < 4.78 is 6.68. The molecule has 0 radical (unpaired) electrons. The van der Waals surface area contributed by atoms with Crippen molar-refractivity contribution in [3.8, 4) is 0 Å². The number of nitrogens with zero attached hydrogens (tertiary/aromatic N) is 2. The van der Waals surface area contributed by atoms with Crippen molar-refractivity contribution in [1.82, 2.24) is 0 Å². The van der Waals surface area contributed by atoms with Crippen LogP contribution in [-0.4, -0.2) is 36.0 Å². The molecule has 0 saturated carbocycles. The van der Waals surface area contributed by atoms with E-state index >= 15 is 0 Å². The van der Waals surface area contributed by atoms with E-state index < -0.39 is 0 Å². The van der Waals surface area contributed by atoms with Crippen LogP contribution in [0, 0.1) is 0 Å². The first-order valence-electron chi connectivity index (χ1n) is 9.31. The summed E-state index contributed by atoms with van der Waals surface area (Å²) in [7, 11) is 0. The van der Waals surface area contributed by atoms with Crippen molar-refractivity contribution in [2.24, 2.45) is 0 Å². The van der Waals surface area contributed by atoms with Crippen molar-refractivity contribution in [1.29, 1.82) is 0 Å². The fraction of sp³-hybridized carbons (Fsp3) is 0.174. The quantitative estimate of drug-likeness (QED) is 0.304. The minimum absolute atomic E-state index is 0.399. The molecule has 0 spiro atoms. The number of benzene rings is 2. The van der Waals surface area contributed by atoms with Crippen molar-refractivity contribution in [3.63, 3.8) is 0 Å². The second-order valence-corrected chi connectivity index (χ2v) is 10.4. The van der Waals surface area contributed by atoms with Gasteiger partial charge in [-0.3, -0.25) is 0 Å². The van der Waals surface area contributed by atoms with E-state index in [1.807, 2.05) is 0 Å². The summed E-state index contributed by atoms with van der Waals surface area (Å²) in [4.78, 5) is 2.45. The Balaban J connectivity index is 1.58. The fourth-order valence-electron chi connectivity index (χ4n) is 3.20. The molecule has 0 saturated heterocycles. The Morgan fingerprint density at radius 2 is 1.89 bits per heavy atom. The van der Waals surface area contributed by atoms with Crippen LogP contribution < -0.4 is 13.9 Å². The number of allylic oxidation sites excluding steroid dienone is 4. The molecule has 0 atom stereocenters. The van der Waals surface area contributed by atoms with E-state index in [1.54, 1.807) is 0 Å². The molecule has 2 aromatic carbocycles. The van der Waals surface area contributed by atoms with Crippen LogP contribution in [0.25, 0.3) is 16.0 Å². The topological polar surface area (TPSA) is 7.12 Å². The van der Waals surface area contributed by atoms with E-state index in [1.165, 1.54) is 30.1 Å². The van der Waals surface area contributed by atoms with Crippen LogP contribution in [-0.2, 0) is 0 Å². The molecule has 2 heterocycles. The predicted octanol–water partition coefficient (Wildman–Crippen LogP) is 3.70. The van der Waals surface area contributed by atoms with Crippen LogP contribution in [0.5, 0.6) is 0 Å². The molecule has 0 amide bonds. The number of rotatable bonds is 5. The number of fused-ring (bicyclic) bond motifs is 2. The number of aromatic nitrogens is 1. The monoisotopic (exact) mass is 487 g/mol. The summed E-state index contributed by atoms with van der Waals surface area (Å²) in [5.74, 6) is 0. The van der Waals surface area contributed by atoms with E-state index in [-0.39, 0.29) is 0 Å². The van der Waals surface area contributed by atoms with Crippen LogP contribution in [0.3, 0.4) is 0 Å². The van der Waals surface area contributed by atoms with Gasteiger partial charge in [0.1, 0.15) is 0 Å². The first kappa shape index (κ1) is 18.5. The average Bonchev–Trinajstić information content (AvgIpc) is 3.29. The Hall–Kier alpha value is -1.83. The van der Waals surface area contributed by atoms with Gasteiger partial charge in [-0.15, -0.1) is 0 Å². The third-order valence-corrected chi connectivity index (χ3v) is 9.01. The first-order valence-corrected chi connectivity index (χ1v) is 12.9. The number of hydrogen-bond donors (Lipinski definition) is 0. The van der Waals surface area contributed by atoms with E-state index in [4.69, 9.17) is 0 Å². The number of anilines is 1. The van der Waals surface area contributed by atoms with E-state index in [0.717, 1.165) is 13.0 Å². The van der Waals surface area contributed by atoms with Crippen molar-refractivity contribution < 1.29 is 4.57 Å². The minimum atomic E-state index is 0.399. The Labute approximate surface area is 173 Å². The Morgan fingerprint density at radius 1 is 1.07 bits per heavy atom. The summed E-state index contributed by atoms with van der Waals surface area (Å²) in [6, 6.07) is 17.5. The van der Waals surface area contributed by atoms with Gasteiger partial charge in [-0.05, 0) is 0 Å². The molecular formula is C23H23N2Se2+. The molecule has 4 heteroatoms. The fourth-order valence-corrected chi connectivity index (χ4v) is 7.38. The zero-order chi connectivity index (χ0) is 18.6. The third kappa shape index (κ3) is 3.90. The summed E-state index contributed by atoms with van der Waals surface area (Å²) in [6.07, 6.45) is 10.1. The van der Waals surface area contributed by atoms with Gasteiger partial charge in [-0.2, -0.15) is 0 Å². The SMILES string of the molecule is CCC(C=C[n+]1c[se]c2ccccc21)=CC=C1[Se]c2ccccc2N1CC. The summed E-state index contributed by atoms with van der Waals surface area (Å²) >= 11 is 0.842. The molecular weight excluding hydrogens is 462 g/mol. The van der Waals surface area contributed by atoms with E-state index in [2.05, 4.69) is 101 Å². The second-order valence-electron chi connectivity index (χ2n) is 6.33. The molecule has 1 aliphatic heterocycles. The van der Waals surface area contributed by atoms with Crippen LogP contribution in [0.1, 0.15) is 20.3 Å². The van der Waals surface area contributed by atoms with Gasteiger partial charge in [0.2, 0.25) is 0 Å². The molecule has 136 valence electrons. The maximum atomic E-state index is 2.45. The van der Waals surface area contributed by atoms with E-state index in [0.29, 0.717) is 29.5 Å². The Kier molecular flexibility index (Phi) is 5.80. The van der Waals surface area contributed by atoms with Gasteiger partial charge < -0.3 is 0 Å². The molecule has 4 rings (SSSR count). The van der Waals surface area contributed by atoms with Gasteiger partial charge in [0.15, 0.2) is 0 Å².